The van der Waals surface area contributed by atoms with Crippen molar-refractivity contribution in [3.63, 3.8) is 0 Å². The van der Waals surface area contributed by atoms with Crippen molar-refractivity contribution >= 4 is 23.3 Å². The monoisotopic (exact) mass is 300 g/mol. The van der Waals surface area contributed by atoms with E-state index in [9.17, 15) is 19.7 Å². The summed E-state index contributed by atoms with van der Waals surface area (Å²) in [5, 5.41) is 13.1. The Morgan fingerprint density at radius 3 is 2.27 bits per heavy atom. The number of esters is 1. The number of para-hydroxylation sites is 1. The number of nitro benzene ring substituents is 1. The normalized spacial score (nSPS) is 9.82. The molecule has 0 saturated heterocycles. The fraction of sp³-hybridized carbons (Fsp3) is 0.0667. The minimum Gasteiger partial charge on any atom is -0.452 e. The Morgan fingerprint density at radius 2 is 1.68 bits per heavy atom. The number of nitro groups is 1. The molecule has 0 aliphatic carbocycles. The second-order valence-electron chi connectivity index (χ2n) is 4.29. The molecule has 0 spiro atoms. The molecule has 1 N–H and O–H groups in total. The fourth-order valence-electron chi connectivity index (χ4n) is 1.65. The molecule has 0 saturated carbocycles. The molecule has 112 valence electrons. The molecule has 2 rings (SSSR count). The summed E-state index contributed by atoms with van der Waals surface area (Å²) in [5.74, 6) is -1.19. The van der Waals surface area contributed by atoms with Crippen LogP contribution in [-0.2, 0) is 9.53 Å². The largest absolute Gasteiger partial charge is 0.452 e. The summed E-state index contributed by atoms with van der Waals surface area (Å²) in [6.07, 6.45) is 0. The van der Waals surface area contributed by atoms with Crippen molar-refractivity contribution in [1.29, 1.82) is 0 Å². The van der Waals surface area contributed by atoms with E-state index in [1.165, 1.54) is 24.3 Å². The number of rotatable bonds is 5. The quantitative estimate of drug-likeness (QED) is 0.519. The van der Waals surface area contributed by atoms with Crippen LogP contribution in [0.4, 0.5) is 11.4 Å². The predicted molar refractivity (Wildman–Crippen MR) is 78.5 cm³/mol. The lowest BCUT2D eigenvalue weighted by Gasteiger charge is -2.06. The van der Waals surface area contributed by atoms with Gasteiger partial charge in [-0.3, -0.25) is 14.9 Å². The average molecular weight is 300 g/mol. The molecule has 7 heteroatoms. The van der Waals surface area contributed by atoms with Crippen molar-refractivity contribution in [1.82, 2.24) is 0 Å². The van der Waals surface area contributed by atoms with Gasteiger partial charge in [0.15, 0.2) is 6.61 Å². The third kappa shape index (κ3) is 4.14. The van der Waals surface area contributed by atoms with Gasteiger partial charge in [-0.2, -0.15) is 0 Å². The average Bonchev–Trinajstić information content (AvgIpc) is 2.53. The van der Waals surface area contributed by atoms with Crippen molar-refractivity contribution in [3.05, 3.63) is 70.3 Å². The third-order valence-electron chi connectivity index (χ3n) is 2.71. The van der Waals surface area contributed by atoms with E-state index in [-0.39, 0.29) is 11.3 Å². The molecule has 0 aliphatic rings. The number of non-ortho nitro benzene ring substituents is 1. The zero-order chi connectivity index (χ0) is 15.9. The fourth-order valence-corrected chi connectivity index (χ4v) is 1.65. The maximum absolute atomic E-state index is 11.7. The van der Waals surface area contributed by atoms with Crippen LogP contribution in [0, 0.1) is 10.1 Å². The molecule has 2 aromatic rings. The first kappa shape index (κ1) is 15.2. The molecule has 0 unspecified atom stereocenters. The summed E-state index contributed by atoms with van der Waals surface area (Å²) in [5.41, 5.74) is 0.607. The number of nitrogens with zero attached hydrogens (tertiary/aromatic N) is 1. The number of nitrogens with one attached hydrogen (secondary N) is 1. The van der Waals surface area contributed by atoms with E-state index in [1.807, 2.05) is 6.07 Å². The van der Waals surface area contributed by atoms with E-state index in [2.05, 4.69) is 5.32 Å². The van der Waals surface area contributed by atoms with Gasteiger partial charge < -0.3 is 10.1 Å². The van der Waals surface area contributed by atoms with Gasteiger partial charge in [-0.15, -0.1) is 0 Å². The molecule has 0 radical (unpaired) electrons. The Hall–Kier alpha value is -3.22. The molecule has 0 atom stereocenters. The maximum Gasteiger partial charge on any atom is 0.338 e. The van der Waals surface area contributed by atoms with Crippen LogP contribution in [0.3, 0.4) is 0 Å². The highest BCUT2D eigenvalue weighted by atomic mass is 16.6. The van der Waals surface area contributed by atoms with Gasteiger partial charge in [0.2, 0.25) is 0 Å². The van der Waals surface area contributed by atoms with Gasteiger partial charge in [-0.05, 0) is 24.3 Å². The molecule has 2 aromatic carbocycles. The Kier molecular flexibility index (Phi) is 4.81. The summed E-state index contributed by atoms with van der Waals surface area (Å²) in [4.78, 5) is 33.3. The zero-order valence-electron chi connectivity index (χ0n) is 11.4. The van der Waals surface area contributed by atoms with E-state index in [0.29, 0.717) is 5.69 Å². The number of carbonyl (C=O) groups excluding carboxylic acids is 2. The van der Waals surface area contributed by atoms with Gasteiger partial charge in [-0.1, -0.05) is 18.2 Å². The van der Waals surface area contributed by atoms with Crippen LogP contribution in [0.5, 0.6) is 0 Å². The molecule has 0 bridgehead atoms. The summed E-state index contributed by atoms with van der Waals surface area (Å²) < 4.78 is 4.84. The first-order valence-corrected chi connectivity index (χ1v) is 6.33. The molecule has 22 heavy (non-hydrogen) atoms. The number of benzene rings is 2. The van der Waals surface area contributed by atoms with Crippen molar-refractivity contribution in [3.8, 4) is 0 Å². The van der Waals surface area contributed by atoms with E-state index in [4.69, 9.17) is 4.74 Å². The lowest BCUT2D eigenvalue weighted by Crippen LogP contribution is -2.20. The zero-order valence-corrected chi connectivity index (χ0v) is 11.4. The molecule has 0 fully saturated rings. The number of hydrogen-bond donors (Lipinski definition) is 1. The third-order valence-corrected chi connectivity index (χ3v) is 2.71. The van der Waals surface area contributed by atoms with E-state index in [0.717, 1.165) is 0 Å². The number of ether oxygens (including phenoxy) is 1. The molecular formula is C15H12N2O5. The summed E-state index contributed by atoms with van der Waals surface area (Å²) in [7, 11) is 0. The van der Waals surface area contributed by atoms with E-state index >= 15 is 0 Å². The van der Waals surface area contributed by atoms with Crippen LogP contribution in [0.1, 0.15) is 10.4 Å². The number of anilines is 1. The highest BCUT2D eigenvalue weighted by Gasteiger charge is 2.12. The van der Waals surface area contributed by atoms with Crippen molar-refractivity contribution in [2.24, 2.45) is 0 Å². The second kappa shape index (κ2) is 6.98. The molecular weight excluding hydrogens is 288 g/mol. The Morgan fingerprint density at radius 1 is 1.05 bits per heavy atom. The first-order chi connectivity index (χ1) is 10.6. The molecule has 0 aromatic heterocycles. The summed E-state index contributed by atoms with van der Waals surface area (Å²) in [6, 6.07) is 13.7. The molecule has 0 aliphatic heterocycles. The first-order valence-electron chi connectivity index (χ1n) is 6.33. The number of amides is 1. The second-order valence-corrected chi connectivity index (χ2v) is 4.29. The van der Waals surface area contributed by atoms with Crippen LogP contribution < -0.4 is 5.32 Å². The summed E-state index contributed by atoms with van der Waals surface area (Å²) >= 11 is 0. The van der Waals surface area contributed by atoms with E-state index in [1.54, 1.807) is 24.3 Å². The Labute approximate surface area is 125 Å². The highest BCUT2D eigenvalue weighted by Crippen LogP contribution is 2.12. The highest BCUT2D eigenvalue weighted by molar-refractivity contribution is 5.95. The minimum atomic E-state index is -0.724. The molecule has 7 nitrogen and oxygen atoms in total. The Balaban J connectivity index is 1.87. The van der Waals surface area contributed by atoms with Gasteiger partial charge in [-0.25, -0.2) is 4.79 Å². The minimum absolute atomic E-state index is 0.127. The lowest BCUT2D eigenvalue weighted by molar-refractivity contribution is -0.384. The SMILES string of the molecule is O=C(COC(=O)c1ccc([N+](=O)[O-])cc1)Nc1ccccc1. The van der Waals surface area contributed by atoms with Crippen LogP contribution in [-0.4, -0.2) is 23.4 Å². The molecule has 0 heterocycles. The maximum atomic E-state index is 11.7. The summed E-state index contributed by atoms with van der Waals surface area (Å²) in [6.45, 7) is -0.440. The standard InChI is InChI=1S/C15H12N2O5/c18-14(16-12-4-2-1-3-5-12)10-22-15(19)11-6-8-13(9-7-11)17(20)21/h1-9H,10H2,(H,16,18). The van der Waals surface area contributed by atoms with Crippen LogP contribution in [0.25, 0.3) is 0 Å². The van der Waals surface area contributed by atoms with Gasteiger partial charge in [0, 0.05) is 17.8 Å². The van der Waals surface area contributed by atoms with Crippen molar-refractivity contribution in [2.75, 3.05) is 11.9 Å². The smallest absolute Gasteiger partial charge is 0.338 e. The van der Waals surface area contributed by atoms with Gasteiger partial charge in [0.25, 0.3) is 11.6 Å². The van der Waals surface area contributed by atoms with Crippen LogP contribution >= 0.6 is 0 Å². The molecule has 1 amide bonds. The number of carbonyl (C=O) groups is 2. The van der Waals surface area contributed by atoms with Crippen molar-refractivity contribution < 1.29 is 19.2 Å². The van der Waals surface area contributed by atoms with Crippen molar-refractivity contribution in [2.45, 2.75) is 0 Å². The topological polar surface area (TPSA) is 98.5 Å². The van der Waals surface area contributed by atoms with Gasteiger partial charge >= 0.3 is 5.97 Å². The van der Waals surface area contributed by atoms with Crippen LogP contribution in [0.2, 0.25) is 0 Å². The lowest BCUT2D eigenvalue weighted by atomic mass is 10.2. The van der Waals surface area contributed by atoms with Gasteiger partial charge in [0.1, 0.15) is 0 Å². The number of hydrogen-bond acceptors (Lipinski definition) is 5. The van der Waals surface area contributed by atoms with Gasteiger partial charge in [0.05, 0.1) is 10.5 Å². The van der Waals surface area contributed by atoms with E-state index < -0.39 is 23.4 Å². The predicted octanol–water partition coefficient (Wildman–Crippen LogP) is 2.39. The Bertz CT molecular complexity index is 683. The van der Waals surface area contributed by atoms with Crippen LogP contribution in [0.15, 0.2) is 54.6 Å².